The lowest BCUT2D eigenvalue weighted by Gasteiger charge is -2.22. The van der Waals surface area contributed by atoms with Crippen molar-refractivity contribution in [2.75, 3.05) is 19.6 Å². The van der Waals surface area contributed by atoms with E-state index >= 15 is 0 Å². The van der Waals surface area contributed by atoms with Gasteiger partial charge in [0.2, 0.25) is 0 Å². The van der Waals surface area contributed by atoms with E-state index < -0.39 is 0 Å². The molecule has 2 N–H and O–H groups in total. The van der Waals surface area contributed by atoms with Crippen LogP contribution in [0.2, 0.25) is 0 Å². The molecule has 0 spiro atoms. The highest BCUT2D eigenvalue weighted by Gasteiger charge is 2.15. The first-order valence-corrected chi connectivity index (χ1v) is 6.60. The van der Waals surface area contributed by atoms with E-state index in [-0.39, 0.29) is 5.91 Å². The number of hydrogen-bond acceptors (Lipinski definition) is 3. The van der Waals surface area contributed by atoms with Gasteiger partial charge in [0.15, 0.2) is 0 Å². The fourth-order valence-electron chi connectivity index (χ4n) is 2.34. The number of carbonyl (C=O) groups is 1. The first kappa shape index (κ1) is 13.0. The molecule has 4 nitrogen and oxygen atoms in total. The van der Waals surface area contributed by atoms with Crippen molar-refractivity contribution in [1.29, 1.82) is 0 Å². The summed E-state index contributed by atoms with van der Waals surface area (Å²) in [5.74, 6) is 0.604. The monoisotopic (exact) mass is 247 g/mol. The number of pyridine rings is 1. The summed E-state index contributed by atoms with van der Waals surface area (Å²) in [7, 11) is 0. The first-order chi connectivity index (χ1) is 8.66. The van der Waals surface area contributed by atoms with E-state index in [1.54, 1.807) is 0 Å². The van der Waals surface area contributed by atoms with Crippen molar-refractivity contribution in [3.63, 3.8) is 0 Å². The minimum atomic E-state index is -0.00136. The standard InChI is InChI=1S/C14H21N3O/c1-10-3-4-13(11(2)17-10)14(18)16-9-12-5-7-15-8-6-12/h3-4,12,15H,5-9H2,1-2H3,(H,16,18). The maximum Gasteiger partial charge on any atom is 0.253 e. The zero-order valence-electron chi connectivity index (χ0n) is 11.1. The number of nitrogens with zero attached hydrogens (tertiary/aromatic N) is 1. The second-order valence-electron chi connectivity index (χ2n) is 4.99. The largest absolute Gasteiger partial charge is 0.352 e. The Morgan fingerprint density at radius 2 is 2.11 bits per heavy atom. The van der Waals surface area contributed by atoms with Gasteiger partial charge in [0.25, 0.3) is 5.91 Å². The maximum atomic E-state index is 12.1. The highest BCUT2D eigenvalue weighted by Crippen LogP contribution is 2.11. The zero-order chi connectivity index (χ0) is 13.0. The molecule has 4 heteroatoms. The minimum absolute atomic E-state index is 0.00136. The molecule has 1 aromatic heterocycles. The van der Waals surface area contributed by atoms with Gasteiger partial charge in [-0.1, -0.05) is 0 Å². The Kier molecular flexibility index (Phi) is 4.31. The number of rotatable bonds is 3. The molecule has 0 saturated carbocycles. The minimum Gasteiger partial charge on any atom is -0.352 e. The van der Waals surface area contributed by atoms with Gasteiger partial charge in [-0.3, -0.25) is 9.78 Å². The predicted molar refractivity (Wildman–Crippen MR) is 71.6 cm³/mol. The predicted octanol–water partition coefficient (Wildman–Crippen LogP) is 1.43. The van der Waals surface area contributed by atoms with E-state index in [4.69, 9.17) is 0 Å². The van der Waals surface area contributed by atoms with E-state index in [1.807, 2.05) is 26.0 Å². The summed E-state index contributed by atoms with van der Waals surface area (Å²) in [6.07, 6.45) is 2.29. The Labute approximate surface area is 108 Å². The van der Waals surface area contributed by atoms with Gasteiger partial charge < -0.3 is 10.6 Å². The number of piperidine rings is 1. The fourth-order valence-corrected chi connectivity index (χ4v) is 2.34. The molecule has 0 bridgehead atoms. The summed E-state index contributed by atoms with van der Waals surface area (Å²) in [6.45, 7) is 6.71. The SMILES string of the molecule is Cc1ccc(C(=O)NCC2CCNCC2)c(C)n1. The second kappa shape index (κ2) is 5.96. The van der Waals surface area contributed by atoms with Crippen LogP contribution in [-0.2, 0) is 0 Å². The second-order valence-corrected chi connectivity index (χ2v) is 4.99. The summed E-state index contributed by atoms with van der Waals surface area (Å²) in [6, 6.07) is 3.74. The highest BCUT2D eigenvalue weighted by molar-refractivity contribution is 5.95. The number of hydrogen-bond donors (Lipinski definition) is 2. The van der Waals surface area contributed by atoms with E-state index in [0.717, 1.165) is 43.9 Å². The summed E-state index contributed by atoms with van der Waals surface area (Å²) < 4.78 is 0. The molecule has 0 aromatic carbocycles. The summed E-state index contributed by atoms with van der Waals surface area (Å²) in [4.78, 5) is 16.4. The van der Waals surface area contributed by atoms with Crippen LogP contribution in [-0.4, -0.2) is 30.5 Å². The van der Waals surface area contributed by atoms with Gasteiger partial charge in [-0.2, -0.15) is 0 Å². The third kappa shape index (κ3) is 3.29. The molecule has 0 aliphatic carbocycles. The van der Waals surface area contributed by atoms with Gasteiger partial charge in [0.05, 0.1) is 11.3 Å². The number of amides is 1. The van der Waals surface area contributed by atoms with Gasteiger partial charge >= 0.3 is 0 Å². The molecule has 0 unspecified atom stereocenters. The molecule has 98 valence electrons. The first-order valence-electron chi connectivity index (χ1n) is 6.60. The summed E-state index contributed by atoms with van der Waals surface area (Å²) in [5, 5.41) is 6.35. The van der Waals surface area contributed by atoms with Crippen molar-refractivity contribution < 1.29 is 4.79 Å². The van der Waals surface area contributed by atoms with Crippen LogP contribution in [0, 0.1) is 19.8 Å². The van der Waals surface area contributed by atoms with Crippen molar-refractivity contribution in [2.24, 2.45) is 5.92 Å². The van der Waals surface area contributed by atoms with Crippen molar-refractivity contribution in [1.82, 2.24) is 15.6 Å². The molecule has 2 rings (SSSR count). The van der Waals surface area contributed by atoms with Crippen LogP contribution in [0.25, 0.3) is 0 Å². The molecule has 1 fully saturated rings. The van der Waals surface area contributed by atoms with Crippen LogP contribution in [0.4, 0.5) is 0 Å². The Bertz CT molecular complexity index is 425. The van der Waals surface area contributed by atoms with Crippen molar-refractivity contribution >= 4 is 5.91 Å². The van der Waals surface area contributed by atoms with Crippen LogP contribution in [0.15, 0.2) is 12.1 Å². The van der Waals surface area contributed by atoms with Crippen LogP contribution in [0.1, 0.15) is 34.6 Å². The zero-order valence-corrected chi connectivity index (χ0v) is 11.1. The lowest BCUT2D eigenvalue weighted by Crippen LogP contribution is -2.36. The maximum absolute atomic E-state index is 12.1. The van der Waals surface area contributed by atoms with Crippen molar-refractivity contribution in [3.05, 3.63) is 29.1 Å². The molecule has 18 heavy (non-hydrogen) atoms. The molecule has 1 aromatic rings. The Hall–Kier alpha value is -1.42. The summed E-state index contributed by atoms with van der Waals surface area (Å²) in [5.41, 5.74) is 2.44. The molecule has 1 amide bonds. The van der Waals surface area contributed by atoms with Crippen molar-refractivity contribution in [3.8, 4) is 0 Å². The molecule has 0 radical (unpaired) electrons. The molecular formula is C14H21N3O. The van der Waals surface area contributed by atoms with Crippen LogP contribution >= 0.6 is 0 Å². The van der Waals surface area contributed by atoms with Gasteiger partial charge in [-0.25, -0.2) is 0 Å². The molecule has 1 aliphatic heterocycles. The van der Waals surface area contributed by atoms with Crippen LogP contribution in [0.3, 0.4) is 0 Å². The third-order valence-electron chi connectivity index (χ3n) is 3.48. The van der Waals surface area contributed by atoms with Crippen LogP contribution < -0.4 is 10.6 Å². The quantitative estimate of drug-likeness (QED) is 0.849. The Balaban J connectivity index is 1.90. The molecule has 1 aliphatic rings. The van der Waals surface area contributed by atoms with Gasteiger partial charge in [0.1, 0.15) is 0 Å². The molecular weight excluding hydrogens is 226 g/mol. The number of carbonyl (C=O) groups excluding carboxylic acids is 1. The lowest BCUT2D eigenvalue weighted by molar-refractivity contribution is 0.0943. The highest BCUT2D eigenvalue weighted by atomic mass is 16.1. The van der Waals surface area contributed by atoms with Crippen molar-refractivity contribution in [2.45, 2.75) is 26.7 Å². The molecule has 1 saturated heterocycles. The normalized spacial score (nSPS) is 16.6. The fraction of sp³-hybridized carbons (Fsp3) is 0.571. The molecule has 2 heterocycles. The topological polar surface area (TPSA) is 54.0 Å². The average molecular weight is 247 g/mol. The van der Waals surface area contributed by atoms with Crippen LogP contribution in [0.5, 0.6) is 0 Å². The van der Waals surface area contributed by atoms with E-state index in [2.05, 4.69) is 15.6 Å². The van der Waals surface area contributed by atoms with E-state index in [1.165, 1.54) is 0 Å². The number of aromatic nitrogens is 1. The smallest absolute Gasteiger partial charge is 0.253 e. The summed E-state index contributed by atoms with van der Waals surface area (Å²) >= 11 is 0. The van der Waals surface area contributed by atoms with E-state index in [0.29, 0.717) is 11.5 Å². The van der Waals surface area contributed by atoms with Gasteiger partial charge in [0, 0.05) is 12.2 Å². The third-order valence-corrected chi connectivity index (χ3v) is 3.48. The lowest BCUT2D eigenvalue weighted by atomic mass is 9.98. The Morgan fingerprint density at radius 3 is 2.78 bits per heavy atom. The van der Waals surface area contributed by atoms with Gasteiger partial charge in [-0.05, 0) is 57.8 Å². The number of aryl methyl sites for hydroxylation is 2. The Morgan fingerprint density at radius 1 is 1.39 bits per heavy atom. The van der Waals surface area contributed by atoms with E-state index in [9.17, 15) is 4.79 Å². The molecule has 0 atom stereocenters. The number of nitrogens with one attached hydrogen (secondary N) is 2. The average Bonchev–Trinajstić information content (AvgIpc) is 2.37. The van der Waals surface area contributed by atoms with Gasteiger partial charge in [-0.15, -0.1) is 0 Å².